The van der Waals surface area contributed by atoms with Gasteiger partial charge in [0.1, 0.15) is 0 Å². The average molecular weight is 360 g/mol. The van der Waals surface area contributed by atoms with Gasteiger partial charge in [-0.15, -0.1) is 12.4 Å². The molecule has 1 aliphatic heterocycles. The Morgan fingerprint density at radius 3 is 2.25 bits per heavy atom. The number of nitrogens with two attached hydrogens (primary N) is 1. The number of carbonyl (C=O) groups excluding carboxylic acids is 2. The Hall–Kier alpha value is -0.810. The van der Waals surface area contributed by atoms with Crippen molar-refractivity contribution in [3.63, 3.8) is 0 Å². The zero-order valence-corrected chi connectivity index (χ0v) is 16.1. The third kappa shape index (κ3) is 5.62. The van der Waals surface area contributed by atoms with Gasteiger partial charge in [-0.3, -0.25) is 9.59 Å². The second kappa shape index (κ2) is 9.62. The highest BCUT2D eigenvalue weighted by Crippen LogP contribution is 2.28. The Bertz CT molecular complexity index is 422. The van der Waals surface area contributed by atoms with Crippen molar-refractivity contribution in [1.29, 1.82) is 0 Å². The average Bonchev–Trinajstić information content (AvgIpc) is 2.92. The molecule has 1 saturated carbocycles. The number of rotatable bonds is 5. The molecule has 0 spiro atoms. The molecular weight excluding hydrogens is 326 g/mol. The van der Waals surface area contributed by atoms with Crippen LogP contribution in [0.25, 0.3) is 0 Å². The molecule has 5 nitrogen and oxygen atoms in total. The summed E-state index contributed by atoms with van der Waals surface area (Å²) >= 11 is 0. The highest BCUT2D eigenvalue weighted by Gasteiger charge is 2.31. The number of amides is 2. The molecular formula is C18H34ClN3O2. The van der Waals surface area contributed by atoms with E-state index in [2.05, 4.69) is 19.2 Å². The van der Waals surface area contributed by atoms with Gasteiger partial charge in [-0.05, 0) is 44.4 Å². The summed E-state index contributed by atoms with van der Waals surface area (Å²) in [5.41, 5.74) is 6.07. The number of piperidine rings is 1. The third-order valence-corrected chi connectivity index (χ3v) is 5.74. The van der Waals surface area contributed by atoms with Gasteiger partial charge in [0.15, 0.2) is 0 Å². The fraction of sp³-hybridized carbons (Fsp3) is 0.889. The van der Waals surface area contributed by atoms with Crippen LogP contribution in [0, 0.1) is 17.8 Å². The lowest BCUT2D eigenvalue weighted by molar-refractivity contribution is -0.136. The summed E-state index contributed by atoms with van der Waals surface area (Å²) in [7, 11) is 0. The van der Waals surface area contributed by atoms with E-state index in [1.807, 2.05) is 11.8 Å². The van der Waals surface area contributed by atoms with Gasteiger partial charge in [-0.1, -0.05) is 20.3 Å². The van der Waals surface area contributed by atoms with E-state index in [4.69, 9.17) is 5.73 Å². The number of halogens is 1. The predicted octanol–water partition coefficient (Wildman–Crippen LogP) is 2.33. The van der Waals surface area contributed by atoms with Crippen LogP contribution in [0.3, 0.4) is 0 Å². The maximum atomic E-state index is 12.4. The maximum absolute atomic E-state index is 12.4. The van der Waals surface area contributed by atoms with Gasteiger partial charge in [0.25, 0.3) is 0 Å². The first-order chi connectivity index (χ1) is 10.9. The van der Waals surface area contributed by atoms with Crippen molar-refractivity contribution in [1.82, 2.24) is 10.2 Å². The summed E-state index contributed by atoms with van der Waals surface area (Å²) in [5, 5.41) is 3.10. The molecule has 1 heterocycles. The molecule has 2 amide bonds. The second-order valence-corrected chi connectivity index (χ2v) is 7.76. The van der Waals surface area contributed by atoms with Crippen LogP contribution < -0.4 is 11.1 Å². The molecule has 3 atom stereocenters. The van der Waals surface area contributed by atoms with Crippen molar-refractivity contribution in [2.24, 2.45) is 23.5 Å². The van der Waals surface area contributed by atoms with Gasteiger partial charge < -0.3 is 16.0 Å². The first-order valence-electron chi connectivity index (χ1n) is 9.22. The number of carbonyl (C=O) groups is 2. The van der Waals surface area contributed by atoms with Gasteiger partial charge in [-0.2, -0.15) is 0 Å². The highest BCUT2D eigenvalue weighted by atomic mass is 35.5. The van der Waals surface area contributed by atoms with E-state index >= 15 is 0 Å². The molecule has 6 heteroatoms. The van der Waals surface area contributed by atoms with Crippen LogP contribution in [0.5, 0.6) is 0 Å². The van der Waals surface area contributed by atoms with Crippen LogP contribution in [0.15, 0.2) is 0 Å². The van der Waals surface area contributed by atoms with Crippen molar-refractivity contribution in [2.45, 2.75) is 71.4 Å². The van der Waals surface area contributed by atoms with Crippen LogP contribution in [0.4, 0.5) is 0 Å². The quantitative estimate of drug-likeness (QED) is 0.791. The normalized spacial score (nSPS) is 26.1. The first kappa shape index (κ1) is 21.2. The molecule has 140 valence electrons. The van der Waals surface area contributed by atoms with E-state index in [9.17, 15) is 9.59 Å². The molecule has 1 aliphatic carbocycles. The third-order valence-electron chi connectivity index (χ3n) is 5.74. The zero-order chi connectivity index (χ0) is 17.0. The van der Waals surface area contributed by atoms with E-state index in [1.165, 1.54) is 0 Å². The van der Waals surface area contributed by atoms with Crippen molar-refractivity contribution >= 4 is 24.2 Å². The summed E-state index contributed by atoms with van der Waals surface area (Å²) in [6, 6.07) is 0.394. The van der Waals surface area contributed by atoms with E-state index in [-0.39, 0.29) is 42.2 Å². The topological polar surface area (TPSA) is 75.4 Å². The molecule has 2 fully saturated rings. The largest absolute Gasteiger partial charge is 0.353 e. The predicted molar refractivity (Wildman–Crippen MR) is 98.9 cm³/mol. The minimum absolute atomic E-state index is 0. The Balaban J connectivity index is 0.00000288. The van der Waals surface area contributed by atoms with Gasteiger partial charge in [-0.25, -0.2) is 0 Å². The van der Waals surface area contributed by atoms with Crippen LogP contribution >= 0.6 is 12.4 Å². The highest BCUT2D eigenvalue weighted by molar-refractivity contribution is 5.85. The maximum Gasteiger partial charge on any atom is 0.223 e. The van der Waals surface area contributed by atoms with E-state index in [0.717, 1.165) is 32.1 Å². The van der Waals surface area contributed by atoms with E-state index in [0.29, 0.717) is 31.3 Å². The molecule has 1 unspecified atom stereocenters. The van der Waals surface area contributed by atoms with Gasteiger partial charge >= 0.3 is 0 Å². The molecule has 3 N–H and O–H groups in total. The summed E-state index contributed by atoms with van der Waals surface area (Å²) in [6.45, 7) is 7.68. The Morgan fingerprint density at radius 1 is 1.12 bits per heavy atom. The summed E-state index contributed by atoms with van der Waals surface area (Å²) in [4.78, 5) is 26.6. The number of likely N-dealkylation sites (tertiary alicyclic amines) is 1. The molecule has 2 rings (SSSR count). The number of hydrogen-bond donors (Lipinski definition) is 2. The molecule has 0 radical (unpaired) electrons. The van der Waals surface area contributed by atoms with Gasteiger partial charge in [0.2, 0.25) is 11.8 Å². The van der Waals surface area contributed by atoms with Crippen molar-refractivity contribution in [3.8, 4) is 0 Å². The number of nitrogens with one attached hydrogen (secondary N) is 1. The lowest BCUT2D eigenvalue weighted by atomic mass is 9.93. The molecule has 0 aromatic heterocycles. The number of nitrogens with zero attached hydrogens (tertiary/aromatic N) is 1. The lowest BCUT2D eigenvalue weighted by Gasteiger charge is -2.33. The van der Waals surface area contributed by atoms with Gasteiger partial charge in [0, 0.05) is 37.5 Å². The van der Waals surface area contributed by atoms with Crippen molar-refractivity contribution < 1.29 is 9.59 Å². The van der Waals surface area contributed by atoms with E-state index < -0.39 is 0 Å². The fourth-order valence-electron chi connectivity index (χ4n) is 3.57. The van der Waals surface area contributed by atoms with Crippen LogP contribution in [0.2, 0.25) is 0 Å². The van der Waals surface area contributed by atoms with Crippen molar-refractivity contribution in [3.05, 3.63) is 0 Å². The summed E-state index contributed by atoms with van der Waals surface area (Å²) < 4.78 is 0. The lowest BCUT2D eigenvalue weighted by Crippen LogP contribution is -2.46. The Kier molecular flexibility index (Phi) is 8.51. The molecule has 24 heavy (non-hydrogen) atoms. The second-order valence-electron chi connectivity index (χ2n) is 7.76. The van der Waals surface area contributed by atoms with Crippen LogP contribution in [0.1, 0.15) is 59.3 Å². The molecule has 0 aromatic rings. The molecule has 0 aromatic carbocycles. The Labute approximate surface area is 152 Å². The number of hydrogen-bond acceptors (Lipinski definition) is 3. The fourth-order valence-corrected chi connectivity index (χ4v) is 3.57. The summed E-state index contributed by atoms with van der Waals surface area (Å²) in [6.07, 6.45) is 5.42. The van der Waals surface area contributed by atoms with Gasteiger partial charge in [0.05, 0.1) is 0 Å². The molecule has 0 bridgehead atoms. The molecule has 1 saturated heterocycles. The smallest absolute Gasteiger partial charge is 0.223 e. The monoisotopic (exact) mass is 359 g/mol. The first-order valence-corrected chi connectivity index (χ1v) is 9.22. The van der Waals surface area contributed by atoms with E-state index in [1.54, 1.807) is 0 Å². The standard InChI is InChI=1S/C18H33N3O2.ClH/c1-12(2)13(3)20-18(23)14-7-9-21(10-8-14)17(22)11-15-5-4-6-16(15)19;/h12-16H,4-11,19H2,1-3H3,(H,20,23);1H/t13?,15-,16+;/m0./s1. The van der Waals surface area contributed by atoms with Crippen LogP contribution in [-0.4, -0.2) is 41.9 Å². The summed E-state index contributed by atoms with van der Waals surface area (Å²) in [5.74, 6) is 1.22. The molecule has 2 aliphatic rings. The minimum atomic E-state index is 0. The van der Waals surface area contributed by atoms with Crippen molar-refractivity contribution in [2.75, 3.05) is 13.1 Å². The zero-order valence-electron chi connectivity index (χ0n) is 15.3. The minimum Gasteiger partial charge on any atom is -0.353 e. The SMILES string of the molecule is CC(C)C(C)NC(=O)C1CCN(C(=O)C[C@@H]2CCC[C@H]2N)CC1.Cl. The Morgan fingerprint density at radius 2 is 1.75 bits per heavy atom. The van der Waals surface area contributed by atoms with Crippen LogP contribution in [-0.2, 0) is 9.59 Å².